The summed E-state index contributed by atoms with van der Waals surface area (Å²) in [5, 5.41) is 11.5. The number of carboxylic acids is 1. The smallest absolute Gasteiger partial charge is 0.417 e. The molecule has 0 atom stereocenters. The van der Waals surface area contributed by atoms with E-state index in [9.17, 15) is 9.59 Å². The Morgan fingerprint density at radius 3 is 2.45 bits per heavy atom. The second-order valence-electron chi connectivity index (χ2n) is 3.82. The molecule has 20 heavy (non-hydrogen) atoms. The van der Waals surface area contributed by atoms with E-state index in [1.807, 2.05) is 0 Å². The zero-order chi connectivity index (χ0) is 14.5. The Balaban J connectivity index is 2.15. The van der Waals surface area contributed by atoms with Crippen molar-refractivity contribution in [1.29, 1.82) is 0 Å². The minimum Gasteiger partial charge on any atom is -0.478 e. The third kappa shape index (κ3) is 3.58. The predicted molar refractivity (Wildman–Crippen MR) is 77.2 cm³/mol. The van der Waals surface area contributed by atoms with Gasteiger partial charge in [-0.15, -0.1) is 0 Å². The van der Waals surface area contributed by atoms with Crippen molar-refractivity contribution < 1.29 is 19.4 Å². The number of aromatic carboxylic acids is 1. The van der Waals surface area contributed by atoms with Gasteiger partial charge in [0.25, 0.3) is 0 Å². The highest BCUT2D eigenvalue weighted by molar-refractivity contribution is 9.10. The summed E-state index contributed by atoms with van der Waals surface area (Å²) in [6.45, 7) is 0. The molecule has 102 valence electrons. The molecule has 5 nitrogen and oxygen atoms in total. The summed E-state index contributed by atoms with van der Waals surface area (Å²) >= 11 is 3.22. The normalized spacial score (nSPS) is 9.85. The third-order valence-corrected chi connectivity index (χ3v) is 2.90. The summed E-state index contributed by atoms with van der Waals surface area (Å²) in [5.41, 5.74) is 0.144. The van der Waals surface area contributed by atoms with Crippen LogP contribution in [0.15, 0.2) is 53.0 Å². The molecule has 0 fully saturated rings. The van der Waals surface area contributed by atoms with Gasteiger partial charge in [0, 0.05) is 4.47 Å². The molecule has 0 bridgehead atoms. The van der Waals surface area contributed by atoms with Crippen LogP contribution in [0.5, 0.6) is 5.75 Å². The molecule has 0 unspecified atom stereocenters. The van der Waals surface area contributed by atoms with Crippen molar-refractivity contribution in [1.82, 2.24) is 0 Å². The molecule has 1 amide bonds. The monoisotopic (exact) mass is 335 g/mol. The van der Waals surface area contributed by atoms with Crippen LogP contribution in [0, 0.1) is 0 Å². The lowest BCUT2D eigenvalue weighted by molar-refractivity contribution is 0.0698. The van der Waals surface area contributed by atoms with E-state index in [0.29, 0.717) is 10.2 Å². The number of ether oxygens (including phenoxy) is 1. The van der Waals surface area contributed by atoms with E-state index in [2.05, 4.69) is 21.2 Å². The molecule has 2 N–H and O–H groups in total. The Bertz CT molecular complexity index is 643. The van der Waals surface area contributed by atoms with Gasteiger partial charge in [0.15, 0.2) is 0 Å². The Kier molecular flexibility index (Phi) is 4.37. The number of amides is 1. The molecule has 6 heteroatoms. The summed E-state index contributed by atoms with van der Waals surface area (Å²) in [6.07, 6.45) is -0.753. The molecule has 2 rings (SSSR count). The minimum absolute atomic E-state index is 0.0155. The van der Waals surface area contributed by atoms with Crippen LogP contribution in [0.25, 0.3) is 0 Å². The number of nitrogens with one attached hydrogen (secondary N) is 1. The number of carboxylic acid groups (broad SMARTS) is 1. The molecule has 0 heterocycles. The first-order chi connectivity index (χ1) is 9.56. The first-order valence-corrected chi connectivity index (χ1v) is 6.42. The number of halogens is 1. The maximum Gasteiger partial charge on any atom is 0.417 e. The quantitative estimate of drug-likeness (QED) is 0.895. The van der Waals surface area contributed by atoms with Gasteiger partial charge in [-0.3, -0.25) is 5.32 Å². The number of rotatable bonds is 3. The lowest BCUT2D eigenvalue weighted by atomic mass is 10.2. The van der Waals surface area contributed by atoms with E-state index in [0.717, 1.165) is 0 Å². The molecule has 0 spiro atoms. The molecular weight excluding hydrogens is 326 g/mol. The highest BCUT2D eigenvalue weighted by atomic mass is 79.9. The zero-order valence-corrected chi connectivity index (χ0v) is 11.8. The predicted octanol–water partition coefficient (Wildman–Crippen LogP) is 3.76. The van der Waals surface area contributed by atoms with E-state index in [-0.39, 0.29) is 11.3 Å². The SMILES string of the molecule is O=C(Nc1cc(Br)ccc1C(=O)O)Oc1ccccc1. The first-order valence-electron chi connectivity index (χ1n) is 5.63. The fourth-order valence-electron chi connectivity index (χ4n) is 1.54. The van der Waals surface area contributed by atoms with Crippen molar-refractivity contribution in [2.45, 2.75) is 0 Å². The van der Waals surface area contributed by atoms with E-state index in [1.54, 1.807) is 36.4 Å². The van der Waals surface area contributed by atoms with Crippen LogP contribution in [0.1, 0.15) is 10.4 Å². The molecule has 0 aliphatic heterocycles. The van der Waals surface area contributed by atoms with Crippen LogP contribution in [-0.4, -0.2) is 17.2 Å². The molecule has 0 radical (unpaired) electrons. The summed E-state index contributed by atoms with van der Waals surface area (Å²) in [7, 11) is 0. The van der Waals surface area contributed by atoms with Gasteiger partial charge in [-0.2, -0.15) is 0 Å². The number of para-hydroxylation sites is 1. The van der Waals surface area contributed by atoms with Gasteiger partial charge in [0.1, 0.15) is 5.75 Å². The van der Waals surface area contributed by atoms with Crippen molar-refractivity contribution in [3.05, 3.63) is 58.6 Å². The fraction of sp³-hybridized carbons (Fsp3) is 0. The number of hydrogen-bond donors (Lipinski definition) is 2. The van der Waals surface area contributed by atoms with Gasteiger partial charge in [-0.1, -0.05) is 34.1 Å². The van der Waals surface area contributed by atoms with E-state index < -0.39 is 12.1 Å². The zero-order valence-electron chi connectivity index (χ0n) is 10.2. The van der Waals surface area contributed by atoms with Crippen LogP contribution < -0.4 is 10.1 Å². The molecule has 0 aliphatic rings. The summed E-state index contributed by atoms with van der Waals surface area (Å²) in [6, 6.07) is 13.0. The Morgan fingerprint density at radius 1 is 1.10 bits per heavy atom. The van der Waals surface area contributed by atoms with Gasteiger partial charge >= 0.3 is 12.1 Å². The van der Waals surface area contributed by atoms with Gasteiger partial charge in [0.2, 0.25) is 0 Å². The van der Waals surface area contributed by atoms with Gasteiger partial charge in [0.05, 0.1) is 11.3 Å². The Labute approximate surface area is 123 Å². The largest absolute Gasteiger partial charge is 0.478 e. The van der Waals surface area contributed by atoms with Crippen LogP contribution >= 0.6 is 15.9 Å². The molecule has 0 saturated carbocycles. The topological polar surface area (TPSA) is 75.6 Å². The van der Waals surface area contributed by atoms with Crippen LogP contribution in [0.3, 0.4) is 0 Å². The fourth-order valence-corrected chi connectivity index (χ4v) is 1.90. The maximum atomic E-state index is 11.7. The third-order valence-electron chi connectivity index (χ3n) is 2.40. The van der Waals surface area contributed by atoms with Crippen molar-refractivity contribution in [2.75, 3.05) is 5.32 Å². The van der Waals surface area contributed by atoms with E-state index >= 15 is 0 Å². The molecule has 0 aromatic heterocycles. The second kappa shape index (κ2) is 6.21. The number of anilines is 1. The Hall–Kier alpha value is -2.34. The Morgan fingerprint density at radius 2 is 1.80 bits per heavy atom. The molecular formula is C14H10BrNO4. The van der Waals surface area contributed by atoms with Crippen LogP contribution in [0.2, 0.25) is 0 Å². The minimum atomic E-state index is -1.13. The lowest BCUT2D eigenvalue weighted by Gasteiger charge is -2.09. The average molecular weight is 336 g/mol. The molecule has 2 aromatic carbocycles. The summed E-state index contributed by atoms with van der Waals surface area (Å²) < 4.78 is 5.69. The summed E-state index contributed by atoms with van der Waals surface area (Å²) in [5.74, 6) is -0.760. The lowest BCUT2D eigenvalue weighted by Crippen LogP contribution is -2.18. The highest BCUT2D eigenvalue weighted by Gasteiger charge is 2.13. The molecule has 2 aromatic rings. The number of hydrogen-bond acceptors (Lipinski definition) is 3. The first kappa shape index (κ1) is 14.1. The van der Waals surface area contributed by atoms with Gasteiger partial charge < -0.3 is 9.84 Å². The van der Waals surface area contributed by atoms with Gasteiger partial charge in [-0.05, 0) is 30.3 Å². The number of benzene rings is 2. The highest BCUT2D eigenvalue weighted by Crippen LogP contribution is 2.22. The van der Waals surface area contributed by atoms with E-state index in [1.165, 1.54) is 12.1 Å². The van der Waals surface area contributed by atoms with Crippen molar-refractivity contribution >= 4 is 33.7 Å². The average Bonchev–Trinajstić information content (AvgIpc) is 2.39. The van der Waals surface area contributed by atoms with Gasteiger partial charge in [-0.25, -0.2) is 9.59 Å². The van der Waals surface area contributed by atoms with Crippen molar-refractivity contribution in [3.8, 4) is 5.75 Å². The molecule has 0 aliphatic carbocycles. The number of carbonyl (C=O) groups excluding carboxylic acids is 1. The second-order valence-corrected chi connectivity index (χ2v) is 4.74. The van der Waals surface area contributed by atoms with Crippen molar-refractivity contribution in [3.63, 3.8) is 0 Å². The van der Waals surface area contributed by atoms with Crippen LogP contribution in [-0.2, 0) is 0 Å². The standard InChI is InChI=1S/C14H10BrNO4/c15-9-6-7-11(13(17)18)12(8-9)16-14(19)20-10-4-2-1-3-5-10/h1-8H,(H,16,19)(H,17,18). The molecule has 0 saturated heterocycles. The summed E-state index contributed by atoms with van der Waals surface area (Å²) in [4.78, 5) is 22.8. The van der Waals surface area contributed by atoms with Crippen molar-refractivity contribution in [2.24, 2.45) is 0 Å². The van der Waals surface area contributed by atoms with E-state index in [4.69, 9.17) is 9.84 Å². The number of carbonyl (C=O) groups is 2. The maximum absolute atomic E-state index is 11.7. The van der Waals surface area contributed by atoms with Crippen LogP contribution in [0.4, 0.5) is 10.5 Å².